The number of hydrogen-bond acceptors (Lipinski definition) is 5. The van der Waals surface area contributed by atoms with Crippen LogP contribution >= 0.6 is 11.6 Å². The van der Waals surface area contributed by atoms with Crippen LogP contribution in [0.15, 0.2) is 54.7 Å². The maximum absolute atomic E-state index is 12.9. The van der Waals surface area contributed by atoms with Gasteiger partial charge in [-0.05, 0) is 78.4 Å². The fourth-order valence-electron chi connectivity index (χ4n) is 3.74. The van der Waals surface area contributed by atoms with E-state index in [2.05, 4.69) is 15.4 Å². The average molecular weight is 450 g/mol. The van der Waals surface area contributed by atoms with Crippen molar-refractivity contribution in [3.8, 4) is 11.1 Å². The van der Waals surface area contributed by atoms with Crippen LogP contribution in [0.2, 0.25) is 5.02 Å². The molecule has 0 radical (unpaired) electrons. The minimum atomic E-state index is -0.676. The van der Waals surface area contributed by atoms with E-state index in [0.717, 1.165) is 27.8 Å². The van der Waals surface area contributed by atoms with Crippen molar-refractivity contribution in [1.82, 2.24) is 19.9 Å². The van der Waals surface area contributed by atoms with Gasteiger partial charge in [-0.25, -0.2) is 4.52 Å². The minimum Gasteiger partial charge on any atom is -0.388 e. The summed E-state index contributed by atoms with van der Waals surface area (Å²) in [5, 5.41) is 18.0. The number of benzene rings is 2. The van der Waals surface area contributed by atoms with Crippen molar-refractivity contribution in [2.45, 2.75) is 26.4 Å². The molecule has 1 amide bonds. The van der Waals surface area contributed by atoms with E-state index in [9.17, 15) is 9.90 Å². The third-order valence-electron chi connectivity index (χ3n) is 5.44. The number of nitrogen functional groups attached to an aromatic ring is 1. The number of fused-ring (bicyclic) bond motifs is 1. The van der Waals surface area contributed by atoms with Gasteiger partial charge in [0.25, 0.3) is 5.91 Å². The molecule has 32 heavy (non-hydrogen) atoms. The second-order valence-corrected chi connectivity index (χ2v) is 8.22. The highest BCUT2D eigenvalue weighted by atomic mass is 35.5. The van der Waals surface area contributed by atoms with Crippen LogP contribution in [-0.2, 0) is 0 Å². The number of rotatable bonds is 6. The third-order valence-corrected chi connectivity index (χ3v) is 5.69. The lowest BCUT2D eigenvalue weighted by Crippen LogP contribution is -2.26. The first-order valence-corrected chi connectivity index (χ1v) is 10.6. The number of halogens is 1. The molecule has 0 spiro atoms. The van der Waals surface area contributed by atoms with Crippen LogP contribution in [-0.4, -0.2) is 32.2 Å². The molecule has 0 saturated carbocycles. The van der Waals surface area contributed by atoms with Crippen LogP contribution < -0.4 is 11.1 Å². The number of amides is 1. The predicted octanol–water partition coefficient (Wildman–Crippen LogP) is 4.10. The van der Waals surface area contributed by atoms with Gasteiger partial charge in [0.05, 0.1) is 6.10 Å². The van der Waals surface area contributed by atoms with E-state index < -0.39 is 6.10 Å². The van der Waals surface area contributed by atoms with E-state index in [1.54, 1.807) is 35.0 Å². The lowest BCUT2D eigenvalue weighted by molar-refractivity contribution is 0.0942. The van der Waals surface area contributed by atoms with E-state index >= 15 is 0 Å². The number of aliphatic hydroxyl groups is 1. The fourth-order valence-corrected chi connectivity index (χ4v) is 3.87. The van der Waals surface area contributed by atoms with Crippen molar-refractivity contribution >= 4 is 29.1 Å². The summed E-state index contributed by atoms with van der Waals surface area (Å²) in [6.45, 7) is 4.27. The summed E-state index contributed by atoms with van der Waals surface area (Å²) in [6.07, 6.45) is 1.52. The number of carbonyl (C=O) groups is 1. The third kappa shape index (κ3) is 4.59. The Hall–Kier alpha value is -3.42. The number of hydrogen-bond donors (Lipinski definition) is 3. The van der Waals surface area contributed by atoms with E-state index in [4.69, 9.17) is 17.3 Å². The molecular formula is C24H24ClN5O2. The Kier molecular flexibility index (Phi) is 6.12. The van der Waals surface area contributed by atoms with E-state index in [-0.39, 0.29) is 11.9 Å². The van der Waals surface area contributed by atoms with Gasteiger partial charge in [-0.2, -0.15) is 4.98 Å². The molecule has 0 fully saturated rings. The predicted molar refractivity (Wildman–Crippen MR) is 126 cm³/mol. The molecule has 4 rings (SSSR count). The highest BCUT2D eigenvalue weighted by Gasteiger charge is 2.15. The molecule has 2 heterocycles. The van der Waals surface area contributed by atoms with Crippen LogP contribution in [0.5, 0.6) is 0 Å². The molecule has 0 aliphatic carbocycles. The summed E-state index contributed by atoms with van der Waals surface area (Å²) in [6, 6.07) is 14.7. The van der Waals surface area contributed by atoms with Crippen molar-refractivity contribution in [2.75, 3.05) is 12.3 Å². The second kappa shape index (κ2) is 8.98. The summed E-state index contributed by atoms with van der Waals surface area (Å²) < 4.78 is 1.61. The molecule has 164 valence electrons. The number of nitrogens with zero attached hydrogens (tertiary/aromatic N) is 3. The quantitative estimate of drug-likeness (QED) is 0.411. The van der Waals surface area contributed by atoms with Crippen LogP contribution in [0.3, 0.4) is 0 Å². The van der Waals surface area contributed by atoms with Gasteiger partial charge in [-0.15, -0.1) is 5.10 Å². The summed E-state index contributed by atoms with van der Waals surface area (Å²) in [5.74, 6) is 0.0310. The molecule has 0 bridgehead atoms. The summed E-state index contributed by atoms with van der Waals surface area (Å²) >= 11 is 5.89. The van der Waals surface area contributed by atoms with Gasteiger partial charge in [-0.1, -0.05) is 29.8 Å². The zero-order valence-corrected chi connectivity index (χ0v) is 18.6. The van der Waals surface area contributed by atoms with E-state index in [1.165, 1.54) is 0 Å². The van der Waals surface area contributed by atoms with Crippen molar-refractivity contribution < 1.29 is 9.90 Å². The van der Waals surface area contributed by atoms with Gasteiger partial charge < -0.3 is 16.2 Å². The van der Waals surface area contributed by atoms with Crippen LogP contribution in [0.1, 0.15) is 39.6 Å². The van der Waals surface area contributed by atoms with E-state index in [1.807, 2.05) is 38.1 Å². The molecule has 0 aliphatic rings. The monoisotopic (exact) mass is 449 g/mol. The number of nitrogens with two attached hydrogens (primary N) is 1. The van der Waals surface area contributed by atoms with Crippen molar-refractivity contribution in [1.29, 1.82) is 0 Å². The molecule has 2 aromatic heterocycles. The first-order chi connectivity index (χ1) is 15.3. The Morgan fingerprint density at radius 3 is 2.66 bits per heavy atom. The standard InChI is InChI=1S/C24H24ClN5O2/c1-14-11-15(2)20(13-19(14)17-8-10-30-22(12-17)28-24(26)29-30)23(32)27-9-7-21(31)16-3-5-18(25)6-4-16/h3-6,8,10-13,21,31H,7,9H2,1-2H3,(H2,26,29)(H,27,32). The smallest absolute Gasteiger partial charge is 0.251 e. The SMILES string of the molecule is Cc1cc(C)c(-c2ccn3nc(N)nc3c2)cc1C(=O)NCCC(O)c1ccc(Cl)cc1. The van der Waals surface area contributed by atoms with Gasteiger partial charge >= 0.3 is 0 Å². The number of carbonyl (C=O) groups excluding carboxylic acids is 1. The molecular weight excluding hydrogens is 426 g/mol. The van der Waals surface area contributed by atoms with Gasteiger partial charge in [0, 0.05) is 23.3 Å². The molecule has 7 nitrogen and oxygen atoms in total. The summed E-state index contributed by atoms with van der Waals surface area (Å²) in [5.41, 5.74) is 11.5. The van der Waals surface area contributed by atoms with Crippen molar-refractivity contribution in [3.05, 3.63) is 82.0 Å². The molecule has 0 aliphatic heterocycles. The molecule has 0 saturated heterocycles. The normalized spacial score (nSPS) is 12.1. The number of aryl methyl sites for hydroxylation is 2. The maximum Gasteiger partial charge on any atom is 0.251 e. The Morgan fingerprint density at radius 1 is 1.16 bits per heavy atom. The number of pyridine rings is 1. The van der Waals surface area contributed by atoms with Gasteiger partial charge in [0.15, 0.2) is 5.65 Å². The number of anilines is 1. The summed E-state index contributed by atoms with van der Waals surface area (Å²) in [4.78, 5) is 17.1. The highest BCUT2D eigenvalue weighted by molar-refractivity contribution is 6.30. The van der Waals surface area contributed by atoms with Gasteiger partial charge in [0.2, 0.25) is 5.95 Å². The Morgan fingerprint density at radius 2 is 1.91 bits per heavy atom. The first-order valence-electron chi connectivity index (χ1n) is 10.3. The Balaban J connectivity index is 1.50. The Labute approximate surface area is 190 Å². The largest absolute Gasteiger partial charge is 0.388 e. The minimum absolute atomic E-state index is 0.181. The molecule has 1 atom stereocenters. The van der Waals surface area contributed by atoms with Gasteiger partial charge in [-0.3, -0.25) is 4.79 Å². The van der Waals surface area contributed by atoms with Crippen LogP contribution in [0.4, 0.5) is 5.95 Å². The van der Waals surface area contributed by atoms with E-state index in [0.29, 0.717) is 29.2 Å². The Bertz CT molecular complexity index is 1280. The number of aromatic nitrogens is 3. The zero-order valence-electron chi connectivity index (χ0n) is 17.8. The lowest BCUT2D eigenvalue weighted by Gasteiger charge is -2.15. The van der Waals surface area contributed by atoms with Crippen molar-refractivity contribution in [3.63, 3.8) is 0 Å². The molecule has 4 N–H and O–H groups in total. The highest BCUT2D eigenvalue weighted by Crippen LogP contribution is 2.28. The first kappa shape index (κ1) is 21.8. The number of aliphatic hydroxyl groups excluding tert-OH is 1. The van der Waals surface area contributed by atoms with Crippen molar-refractivity contribution in [2.24, 2.45) is 0 Å². The molecule has 4 aromatic rings. The second-order valence-electron chi connectivity index (χ2n) is 7.78. The fraction of sp³-hybridized carbons (Fsp3) is 0.208. The van der Waals surface area contributed by atoms with Crippen LogP contribution in [0, 0.1) is 13.8 Å². The molecule has 8 heteroatoms. The molecule has 1 unspecified atom stereocenters. The zero-order chi connectivity index (χ0) is 22.8. The average Bonchev–Trinajstić information content (AvgIpc) is 3.13. The van der Waals surface area contributed by atoms with Crippen LogP contribution in [0.25, 0.3) is 16.8 Å². The molecule has 2 aromatic carbocycles. The van der Waals surface area contributed by atoms with Gasteiger partial charge in [0.1, 0.15) is 0 Å². The maximum atomic E-state index is 12.9. The lowest BCUT2D eigenvalue weighted by atomic mass is 9.95. The number of nitrogens with one attached hydrogen (secondary N) is 1. The summed E-state index contributed by atoms with van der Waals surface area (Å²) in [7, 11) is 0. The topological polar surface area (TPSA) is 106 Å².